The number of carbonyl (C=O) groups excluding carboxylic acids is 2. The molecule has 0 saturated carbocycles. The number of fused-ring (bicyclic) bond motifs is 1. The number of hydrogen-bond donors (Lipinski definition) is 1. The smallest absolute Gasteiger partial charge is 0.225 e. The lowest BCUT2D eigenvalue weighted by molar-refractivity contribution is -0.132. The van der Waals surface area contributed by atoms with Crippen LogP contribution in [-0.2, 0) is 29.0 Å². The van der Waals surface area contributed by atoms with Gasteiger partial charge in [0.05, 0.1) is 18.7 Å². The molecular formula is C28H30N4O3S. The lowest BCUT2D eigenvalue weighted by atomic mass is 9.97. The minimum absolute atomic E-state index is 0.00143. The van der Waals surface area contributed by atoms with Gasteiger partial charge in [0.25, 0.3) is 0 Å². The second kappa shape index (κ2) is 11.8. The summed E-state index contributed by atoms with van der Waals surface area (Å²) in [5.74, 6) is 0.742. The van der Waals surface area contributed by atoms with Crippen molar-refractivity contribution in [2.75, 3.05) is 18.5 Å². The van der Waals surface area contributed by atoms with E-state index < -0.39 is 0 Å². The number of anilines is 1. The van der Waals surface area contributed by atoms with Gasteiger partial charge >= 0.3 is 0 Å². The molecule has 0 bridgehead atoms. The molecule has 1 atom stereocenters. The third-order valence-corrected chi connectivity index (χ3v) is 7.49. The number of hydrogen-bond acceptors (Lipinski definition) is 6. The molecule has 7 nitrogen and oxygen atoms in total. The van der Waals surface area contributed by atoms with E-state index in [1.54, 1.807) is 12.4 Å². The Bertz CT molecular complexity index is 1270. The Kier molecular flexibility index (Phi) is 8.34. The fraction of sp³-hybridized carbons (Fsp3) is 0.357. The summed E-state index contributed by atoms with van der Waals surface area (Å²) < 4.78 is 5.57. The number of ether oxygens (including phenoxy) is 1. The van der Waals surface area contributed by atoms with Gasteiger partial charge in [-0.3, -0.25) is 14.6 Å². The van der Waals surface area contributed by atoms with Crippen molar-refractivity contribution in [3.8, 4) is 11.8 Å². The van der Waals surface area contributed by atoms with E-state index in [9.17, 15) is 14.9 Å². The van der Waals surface area contributed by atoms with Gasteiger partial charge in [-0.1, -0.05) is 25.1 Å². The number of nitrogens with zero attached hydrogens (tertiary/aromatic N) is 3. The maximum absolute atomic E-state index is 12.9. The number of amides is 2. The molecule has 0 radical (unpaired) electrons. The van der Waals surface area contributed by atoms with E-state index in [1.807, 2.05) is 55.1 Å². The molecule has 8 heteroatoms. The molecule has 0 unspecified atom stereocenters. The van der Waals surface area contributed by atoms with Crippen molar-refractivity contribution in [1.29, 1.82) is 5.26 Å². The number of aryl methyl sites for hydroxylation is 1. The van der Waals surface area contributed by atoms with E-state index in [1.165, 1.54) is 11.3 Å². The molecule has 1 aliphatic rings. The summed E-state index contributed by atoms with van der Waals surface area (Å²) in [4.78, 5) is 32.6. The summed E-state index contributed by atoms with van der Waals surface area (Å²) in [6.07, 6.45) is 5.48. The number of thiophene rings is 1. The van der Waals surface area contributed by atoms with Gasteiger partial charge in [0.15, 0.2) is 0 Å². The highest BCUT2D eigenvalue weighted by molar-refractivity contribution is 7.16. The number of nitriles is 1. The number of nitrogens with one attached hydrogen (secondary N) is 1. The molecule has 1 N–H and O–H groups in total. The maximum Gasteiger partial charge on any atom is 0.225 e. The summed E-state index contributed by atoms with van der Waals surface area (Å²) in [7, 11) is 0. The van der Waals surface area contributed by atoms with Crippen LogP contribution in [0.5, 0.6) is 5.75 Å². The highest BCUT2D eigenvalue weighted by Crippen LogP contribution is 2.37. The number of rotatable bonds is 9. The van der Waals surface area contributed by atoms with Crippen LogP contribution < -0.4 is 10.1 Å². The van der Waals surface area contributed by atoms with Gasteiger partial charge in [-0.05, 0) is 60.6 Å². The highest BCUT2D eigenvalue weighted by Gasteiger charge is 2.27. The van der Waals surface area contributed by atoms with Crippen molar-refractivity contribution < 1.29 is 14.3 Å². The summed E-state index contributed by atoms with van der Waals surface area (Å²) in [5.41, 5.74) is 3.54. The van der Waals surface area contributed by atoms with Gasteiger partial charge in [-0.2, -0.15) is 5.26 Å². The summed E-state index contributed by atoms with van der Waals surface area (Å²) >= 11 is 1.40. The van der Waals surface area contributed by atoms with Gasteiger partial charge in [-0.25, -0.2) is 0 Å². The van der Waals surface area contributed by atoms with Gasteiger partial charge in [0.1, 0.15) is 16.8 Å². The molecule has 1 aromatic carbocycles. The molecule has 0 aliphatic carbocycles. The second-order valence-corrected chi connectivity index (χ2v) is 10.0. The van der Waals surface area contributed by atoms with Crippen molar-refractivity contribution >= 4 is 28.2 Å². The molecule has 0 fully saturated rings. The van der Waals surface area contributed by atoms with Gasteiger partial charge < -0.3 is 15.0 Å². The maximum atomic E-state index is 12.9. The largest absolute Gasteiger partial charge is 0.494 e. The van der Waals surface area contributed by atoms with Crippen LogP contribution in [0.3, 0.4) is 0 Å². The fourth-order valence-electron chi connectivity index (χ4n) is 4.43. The second-order valence-electron chi connectivity index (χ2n) is 8.91. The predicted molar refractivity (Wildman–Crippen MR) is 140 cm³/mol. The molecule has 4 rings (SSSR count). The quantitative estimate of drug-likeness (QED) is 0.441. The van der Waals surface area contributed by atoms with E-state index in [0.29, 0.717) is 55.9 Å². The van der Waals surface area contributed by atoms with Crippen LogP contribution in [0.15, 0.2) is 48.8 Å². The third-order valence-electron chi connectivity index (χ3n) is 6.35. The standard InChI is InChI=1S/C28H30N4O3S/c1-3-35-22-8-4-7-21(15-22)19(2)14-26(33)31-28-24(16-29)23-11-13-32(18-25(23)36-28)27(34)10-9-20-6-5-12-30-17-20/h4-8,12,15,17,19H,3,9-11,13-14,18H2,1-2H3,(H,31,33)/t19-/m0/s1. The SMILES string of the molecule is CCOc1cccc([C@@H](C)CC(=O)Nc2sc3c(c2C#N)CCN(C(=O)CCc2cccnc2)C3)c1. The van der Waals surface area contributed by atoms with Crippen molar-refractivity contribution in [1.82, 2.24) is 9.88 Å². The zero-order valence-corrected chi connectivity index (χ0v) is 21.4. The molecule has 0 saturated heterocycles. The Balaban J connectivity index is 1.38. The van der Waals surface area contributed by atoms with E-state index in [2.05, 4.69) is 16.4 Å². The third kappa shape index (κ3) is 6.10. The Labute approximate surface area is 215 Å². The van der Waals surface area contributed by atoms with Crippen molar-refractivity contribution in [2.45, 2.75) is 52.0 Å². The van der Waals surface area contributed by atoms with Crippen LogP contribution in [0.2, 0.25) is 0 Å². The Morgan fingerprint density at radius 2 is 2.17 bits per heavy atom. The molecular weight excluding hydrogens is 472 g/mol. The molecule has 186 valence electrons. The first-order valence-corrected chi connectivity index (χ1v) is 13.0. The fourth-order valence-corrected chi connectivity index (χ4v) is 5.66. The first-order valence-electron chi connectivity index (χ1n) is 12.2. The predicted octanol–water partition coefficient (Wildman–Crippen LogP) is 5.06. The summed E-state index contributed by atoms with van der Waals surface area (Å²) in [6.45, 7) is 5.58. The Morgan fingerprint density at radius 3 is 2.92 bits per heavy atom. The topological polar surface area (TPSA) is 95.3 Å². The van der Waals surface area contributed by atoms with Gasteiger partial charge in [0.2, 0.25) is 11.8 Å². The lowest BCUT2D eigenvalue weighted by Crippen LogP contribution is -2.35. The first kappa shape index (κ1) is 25.4. The minimum atomic E-state index is -0.135. The molecule has 2 aromatic heterocycles. The van der Waals surface area contributed by atoms with Gasteiger partial charge in [-0.15, -0.1) is 11.3 Å². The number of benzene rings is 1. The van der Waals surface area contributed by atoms with Crippen LogP contribution in [0.25, 0.3) is 0 Å². The average Bonchev–Trinajstić information content (AvgIpc) is 3.24. The zero-order chi connectivity index (χ0) is 25.5. The minimum Gasteiger partial charge on any atom is -0.494 e. The molecule has 36 heavy (non-hydrogen) atoms. The van der Waals surface area contributed by atoms with Crippen LogP contribution in [0, 0.1) is 11.3 Å². The molecule has 3 aromatic rings. The highest BCUT2D eigenvalue weighted by atomic mass is 32.1. The molecule has 2 amide bonds. The van der Waals surface area contributed by atoms with Crippen LogP contribution in [0.4, 0.5) is 5.00 Å². The zero-order valence-electron chi connectivity index (χ0n) is 20.6. The van der Waals surface area contributed by atoms with E-state index >= 15 is 0 Å². The number of pyridine rings is 1. The van der Waals surface area contributed by atoms with E-state index in [-0.39, 0.29) is 17.7 Å². The molecule has 3 heterocycles. The Hall–Kier alpha value is -3.70. The van der Waals surface area contributed by atoms with Crippen LogP contribution in [-0.4, -0.2) is 34.8 Å². The van der Waals surface area contributed by atoms with Crippen molar-refractivity contribution in [2.24, 2.45) is 0 Å². The summed E-state index contributed by atoms with van der Waals surface area (Å²) in [5, 5.41) is 13.3. The lowest BCUT2D eigenvalue weighted by Gasteiger charge is -2.27. The summed E-state index contributed by atoms with van der Waals surface area (Å²) in [6, 6.07) is 13.9. The van der Waals surface area contributed by atoms with Crippen LogP contribution >= 0.6 is 11.3 Å². The number of carbonyl (C=O) groups is 2. The van der Waals surface area contributed by atoms with Crippen molar-refractivity contribution in [3.63, 3.8) is 0 Å². The van der Waals surface area contributed by atoms with Gasteiger partial charge in [0, 0.05) is 36.7 Å². The van der Waals surface area contributed by atoms with Crippen LogP contribution in [0.1, 0.15) is 59.7 Å². The van der Waals surface area contributed by atoms with Crippen molar-refractivity contribution in [3.05, 3.63) is 75.9 Å². The normalized spacial score (nSPS) is 13.4. The number of aromatic nitrogens is 1. The van der Waals surface area contributed by atoms with E-state index in [4.69, 9.17) is 4.74 Å². The Morgan fingerprint density at radius 1 is 1.31 bits per heavy atom. The molecule has 0 spiro atoms. The average molecular weight is 503 g/mol. The monoisotopic (exact) mass is 502 g/mol. The molecule has 1 aliphatic heterocycles. The van der Waals surface area contributed by atoms with E-state index in [0.717, 1.165) is 27.3 Å². The first-order chi connectivity index (χ1) is 17.5.